The summed E-state index contributed by atoms with van der Waals surface area (Å²) < 4.78 is 5.51. The number of carbonyl (C=O) groups is 1. The van der Waals surface area contributed by atoms with Gasteiger partial charge in [-0.3, -0.25) is 0 Å². The molecule has 0 aliphatic rings. The molecule has 0 fully saturated rings. The first-order chi connectivity index (χ1) is 11.8. The number of aromatic nitrogens is 1. The second-order valence-electron chi connectivity index (χ2n) is 5.40. The molecule has 0 aliphatic heterocycles. The van der Waals surface area contributed by atoms with Crippen molar-refractivity contribution in [3.63, 3.8) is 0 Å². The molecule has 3 rings (SSSR count). The highest BCUT2D eigenvalue weighted by molar-refractivity contribution is 6.03. The summed E-state index contributed by atoms with van der Waals surface area (Å²) in [4.78, 5) is 14.0. The zero-order valence-electron chi connectivity index (χ0n) is 14.6. The van der Waals surface area contributed by atoms with Gasteiger partial charge in [-0.2, -0.15) is 0 Å². The number of nitrogens with zero attached hydrogens (tertiary/aromatic N) is 1. The third-order valence-electron chi connectivity index (χ3n) is 3.49. The van der Waals surface area contributed by atoms with Crippen molar-refractivity contribution in [2.75, 3.05) is 18.1 Å². The van der Waals surface area contributed by atoms with Crippen LogP contribution in [-0.2, 0) is 4.79 Å². The second-order valence-corrected chi connectivity index (χ2v) is 5.40. The summed E-state index contributed by atoms with van der Waals surface area (Å²) in [6.45, 7) is 3.63. The number of hydrogen-bond donors (Lipinski definition) is 4. The predicted octanol–water partition coefficient (Wildman–Crippen LogP) is 1.58. The van der Waals surface area contributed by atoms with Crippen LogP contribution in [-0.4, -0.2) is 39.4 Å². The Hall–Kier alpha value is -3.10. The van der Waals surface area contributed by atoms with Gasteiger partial charge >= 0.3 is 5.97 Å². The molecular formula is C18H23N3O5. The maximum atomic E-state index is 9.45. The van der Waals surface area contributed by atoms with E-state index in [1.165, 1.54) is 6.92 Å². The zero-order valence-corrected chi connectivity index (χ0v) is 14.6. The van der Waals surface area contributed by atoms with Gasteiger partial charge in [-0.05, 0) is 32.0 Å². The molecular weight excluding hydrogens is 338 g/mol. The van der Waals surface area contributed by atoms with Crippen molar-refractivity contribution < 1.29 is 25.2 Å². The van der Waals surface area contributed by atoms with Crippen molar-refractivity contribution in [2.45, 2.75) is 20.0 Å². The highest BCUT2D eigenvalue weighted by atomic mass is 16.5. The quantitative estimate of drug-likeness (QED) is 0.406. The van der Waals surface area contributed by atoms with E-state index in [1.807, 2.05) is 43.3 Å². The van der Waals surface area contributed by atoms with Crippen molar-refractivity contribution in [3.8, 4) is 5.75 Å². The highest BCUT2D eigenvalue weighted by Crippen LogP contribution is 2.37. The Morgan fingerprint density at radius 2 is 1.85 bits per heavy atom. The minimum absolute atomic E-state index is 0. The number of ether oxygens (including phenoxy) is 1. The monoisotopic (exact) mass is 361 g/mol. The first-order valence-electron chi connectivity index (χ1n) is 7.76. The standard InChI is InChI=1S/C15H15N3O.C3H6O3.H2O/c1-2-19-15-11(16)8-13-10(14(15)17)7-9-5-3-4-6-12(9)18-13;1-2(4)3(5)6;/h3-8H,2,16-17H2,1H3;2,4H,1H3,(H,5,6);1H2. The van der Waals surface area contributed by atoms with E-state index in [2.05, 4.69) is 4.98 Å². The molecule has 1 heterocycles. The summed E-state index contributed by atoms with van der Waals surface area (Å²) in [5.74, 6) is -0.637. The molecule has 2 aromatic carbocycles. The van der Waals surface area contributed by atoms with E-state index in [-0.39, 0.29) is 5.48 Å². The molecule has 8 N–H and O–H groups in total. The molecule has 0 saturated heterocycles. The average molecular weight is 361 g/mol. The fraction of sp³-hybridized carbons (Fsp3) is 0.222. The lowest BCUT2D eigenvalue weighted by molar-refractivity contribution is -0.145. The lowest BCUT2D eigenvalue weighted by Crippen LogP contribution is -2.13. The van der Waals surface area contributed by atoms with E-state index in [1.54, 1.807) is 0 Å². The van der Waals surface area contributed by atoms with Crippen LogP contribution in [0.4, 0.5) is 11.4 Å². The van der Waals surface area contributed by atoms with Gasteiger partial charge in [0.05, 0.1) is 29.0 Å². The van der Waals surface area contributed by atoms with Crippen LogP contribution in [0.1, 0.15) is 13.8 Å². The van der Waals surface area contributed by atoms with Gasteiger partial charge in [0.25, 0.3) is 0 Å². The van der Waals surface area contributed by atoms with Crippen LogP contribution in [0.15, 0.2) is 36.4 Å². The summed E-state index contributed by atoms with van der Waals surface area (Å²) in [7, 11) is 0. The number of benzene rings is 2. The van der Waals surface area contributed by atoms with Crippen LogP contribution < -0.4 is 16.2 Å². The fourth-order valence-electron chi connectivity index (χ4n) is 2.25. The van der Waals surface area contributed by atoms with Crippen LogP contribution in [0, 0.1) is 0 Å². The van der Waals surface area contributed by atoms with E-state index < -0.39 is 12.1 Å². The molecule has 140 valence electrons. The van der Waals surface area contributed by atoms with Crippen molar-refractivity contribution in [1.82, 2.24) is 4.98 Å². The molecule has 8 heteroatoms. The molecule has 0 aliphatic carbocycles. The van der Waals surface area contributed by atoms with Crippen molar-refractivity contribution in [1.29, 1.82) is 0 Å². The molecule has 0 saturated carbocycles. The smallest absolute Gasteiger partial charge is 0.332 e. The van der Waals surface area contributed by atoms with E-state index in [0.717, 1.165) is 21.8 Å². The minimum Gasteiger partial charge on any atom is -0.490 e. The summed E-state index contributed by atoms with van der Waals surface area (Å²) in [5.41, 5.74) is 14.9. The Kier molecular flexibility index (Phi) is 7.12. The lowest BCUT2D eigenvalue weighted by atomic mass is 10.1. The van der Waals surface area contributed by atoms with Gasteiger partial charge < -0.3 is 31.9 Å². The van der Waals surface area contributed by atoms with Gasteiger partial charge in [0, 0.05) is 10.8 Å². The number of aliphatic hydroxyl groups is 1. The molecule has 3 aromatic rings. The van der Waals surface area contributed by atoms with E-state index >= 15 is 0 Å². The third kappa shape index (κ3) is 4.50. The number of carboxylic acid groups (broad SMARTS) is 1. The number of aliphatic carboxylic acids is 1. The van der Waals surface area contributed by atoms with E-state index in [0.29, 0.717) is 23.7 Å². The molecule has 0 bridgehead atoms. The van der Waals surface area contributed by atoms with Crippen molar-refractivity contribution in [2.24, 2.45) is 0 Å². The minimum atomic E-state index is -1.23. The second kappa shape index (κ2) is 8.84. The highest BCUT2D eigenvalue weighted by Gasteiger charge is 2.12. The van der Waals surface area contributed by atoms with Gasteiger partial charge in [0.1, 0.15) is 6.10 Å². The van der Waals surface area contributed by atoms with Gasteiger partial charge in [0.15, 0.2) is 5.75 Å². The van der Waals surface area contributed by atoms with Gasteiger partial charge in [-0.25, -0.2) is 9.78 Å². The molecule has 0 radical (unpaired) electrons. The largest absolute Gasteiger partial charge is 0.490 e. The third-order valence-corrected chi connectivity index (χ3v) is 3.49. The van der Waals surface area contributed by atoms with E-state index in [9.17, 15) is 4.79 Å². The predicted molar refractivity (Wildman–Crippen MR) is 102 cm³/mol. The molecule has 0 spiro atoms. The SMILES string of the molecule is CC(O)C(=O)O.CCOc1c(N)cc2nc3ccccc3cc2c1N.O. The number of nitrogen functional groups attached to an aromatic ring is 2. The van der Waals surface area contributed by atoms with Crippen LogP contribution >= 0.6 is 0 Å². The summed E-state index contributed by atoms with van der Waals surface area (Å²) in [5, 5.41) is 17.7. The summed E-state index contributed by atoms with van der Waals surface area (Å²) in [6.07, 6.45) is -1.23. The number of anilines is 2. The average Bonchev–Trinajstić information content (AvgIpc) is 2.58. The van der Waals surface area contributed by atoms with Gasteiger partial charge in [0.2, 0.25) is 0 Å². The Balaban J connectivity index is 0.000000422. The number of para-hydroxylation sites is 1. The summed E-state index contributed by atoms with van der Waals surface area (Å²) >= 11 is 0. The fourth-order valence-corrected chi connectivity index (χ4v) is 2.25. The molecule has 0 amide bonds. The Labute approximate surface area is 150 Å². The van der Waals surface area contributed by atoms with Gasteiger partial charge in [-0.1, -0.05) is 18.2 Å². The Morgan fingerprint density at radius 3 is 2.42 bits per heavy atom. The van der Waals surface area contributed by atoms with Crippen molar-refractivity contribution in [3.05, 3.63) is 36.4 Å². The molecule has 26 heavy (non-hydrogen) atoms. The number of fused-ring (bicyclic) bond motifs is 2. The molecule has 1 atom stereocenters. The molecule has 1 unspecified atom stereocenters. The number of hydrogen-bond acceptors (Lipinski definition) is 6. The molecule has 8 nitrogen and oxygen atoms in total. The van der Waals surface area contributed by atoms with Crippen LogP contribution in [0.3, 0.4) is 0 Å². The maximum Gasteiger partial charge on any atom is 0.332 e. The number of nitrogens with two attached hydrogens (primary N) is 2. The van der Waals surface area contributed by atoms with Crippen molar-refractivity contribution >= 4 is 39.1 Å². The van der Waals surface area contributed by atoms with Gasteiger partial charge in [-0.15, -0.1) is 0 Å². The number of rotatable bonds is 3. The summed E-state index contributed by atoms with van der Waals surface area (Å²) in [6, 6.07) is 11.8. The number of aliphatic hydroxyl groups excluding tert-OH is 1. The maximum absolute atomic E-state index is 9.45. The first-order valence-corrected chi connectivity index (χ1v) is 7.76. The topological polar surface area (TPSA) is 163 Å². The Morgan fingerprint density at radius 1 is 1.23 bits per heavy atom. The number of carboxylic acids is 1. The first kappa shape index (κ1) is 20.9. The van der Waals surface area contributed by atoms with E-state index in [4.69, 9.17) is 26.4 Å². The van der Waals surface area contributed by atoms with Crippen LogP contribution in [0.25, 0.3) is 21.8 Å². The van der Waals surface area contributed by atoms with Crippen LogP contribution in [0.2, 0.25) is 0 Å². The Bertz CT molecular complexity index is 912. The zero-order chi connectivity index (χ0) is 18.6. The normalized spacial score (nSPS) is 11.2. The lowest BCUT2D eigenvalue weighted by Gasteiger charge is -2.13. The number of pyridine rings is 1. The van der Waals surface area contributed by atoms with Crippen LogP contribution in [0.5, 0.6) is 5.75 Å². The molecule has 1 aromatic heterocycles.